The Morgan fingerprint density at radius 1 is 1.37 bits per heavy atom. The molecule has 1 saturated heterocycles. The maximum atomic E-state index is 14.1. The molecule has 1 aliphatic heterocycles. The van der Waals surface area contributed by atoms with Crippen LogP contribution in [0.5, 0.6) is 0 Å². The molecule has 0 bridgehead atoms. The fraction of sp³-hybridized carbons (Fsp3) is 0.533. The van der Waals surface area contributed by atoms with Crippen molar-refractivity contribution in [2.24, 2.45) is 11.1 Å². The van der Waals surface area contributed by atoms with Gasteiger partial charge in [0.25, 0.3) is 0 Å². The van der Waals surface area contributed by atoms with Gasteiger partial charge in [0, 0.05) is 19.8 Å². The third kappa shape index (κ3) is 2.55. The first-order chi connectivity index (χ1) is 9.00. The predicted molar refractivity (Wildman–Crippen MR) is 71.7 cm³/mol. The SMILES string of the molecule is Cc1cc(C)c(C(=O)C2(CN)CCOCC2)c(F)c1. The quantitative estimate of drug-likeness (QED) is 0.854. The van der Waals surface area contributed by atoms with Gasteiger partial charge in [-0.1, -0.05) is 6.07 Å². The van der Waals surface area contributed by atoms with E-state index in [9.17, 15) is 9.18 Å². The summed E-state index contributed by atoms with van der Waals surface area (Å²) < 4.78 is 19.4. The molecule has 1 aromatic carbocycles. The molecule has 0 spiro atoms. The molecule has 0 saturated carbocycles. The highest BCUT2D eigenvalue weighted by Crippen LogP contribution is 2.35. The third-order valence-electron chi connectivity index (χ3n) is 3.98. The van der Waals surface area contributed by atoms with E-state index in [1.54, 1.807) is 6.92 Å². The van der Waals surface area contributed by atoms with Crippen molar-refractivity contribution in [3.63, 3.8) is 0 Å². The van der Waals surface area contributed by atoms with E-state index in [-0.39, 0.29) is 17.9 Å². The summed E-state index contributed by atoms with van der Waals surface area (Å²) in [6, 6.07) is 3.24. The Kier molecular flexibility index (Phi) is 4.02. The molecule has 1 aromatic rings. The summed E-state index contributed by atoms with van der Waals surface area (Å²) in [7, 11) is 0. The van der Waals surface area contributed by atoms with Crippen LogP contribution in [0.1, 0.15) is 34.3 Å². The van der Waals surface area contributed by atoms with Crippen LogP contribution in [0.2, 0.25) is 0 Å². The molecule has 0 radical (unpaired) electrons. The fourth-order valence-electron chi connectivity index (χ4n) is 2.75. The largest absolute Gasteiger partial charge is 0.381 e. The maximum absolute atomic E-state index is 14.1. The minimum absolute atomic E-state index is 0.173. The van der Waals surface area contributed by atoms with Crippen molar-refractivity contribution in [2.45, 2.75) is 26.7 Å². The Hall–Kier alpha value is -1.26. The monoisotopic (exact) mass is 265 g/mol. The third-order valence-corrected chi connectivity index (χ3v) is 3.98. The lowest BCUT2D eigenvalue weighted by atomic mass is 9.73. The van der Waals surface area contributed by atoms with Crippen LogP contribution in [0.15, 0.2) is 12.1 Å². The number of rotatable bonds is 3. The Bertz CT molecular complexity index is 470. The van der Waals surface area contributed by atoms with E-state index in [1.165, 1.54) is 6.07 Å². The number of ketones is 1. The molecule has 0 unspecified atom stereocenters. The van der Waals surface area contributed by atoms with Gasteiger partial charge in [-0.25, -0.2) is 4.39 Å². The molecule has 1 aliphatic rings. The molecule has 4 heteroatoms. The van der Waals surface area contributed by atoms with Gasteiger partial charge in [0.1, 0.15) is 5.82 Å². The molecule has 0 aromatic heterocycles. The van der Waals surface area contributed by atoms with Gasteiger partial charge in [0.15, 0.2) is 5.78 Å². The van der Waals surface area contributed by atoms with E-state index < -0.39 is 11.2 Å². The number of Topliss-reactive ketones (excluding diaryl/α,β-unsaturated/α-hetero) is 1. The van der Waals surface area contributed by atoms with Gasteiger partial charge in [-0.3, -0.25) is 4.79 Å². The van der Waals surface area contributed by atoms with Gasteiger partial charge in [-0.2, -0.15) is 0 Å². The second-order valence-corrected chi connectivity index (χ2v) is 5.36. The fourth-order valence-corrected chi connectivity index (χ4v) is 2.75. The van der Waals surface area contributed by atoms with E-state index in [2.05, 4.69) is 0 Å². The number of carbonyl (C=O) groups is 1. The van der Waals surface area contributed by atoms with E-state index in [0.29, 0.717) is 31.6 Å². The smallest absolute Gasteiger partial charge is 0.173 e. The van der Waals surface area contributed by atoms with Gasteiger partial charge in [-0.05, 0) is 43.9 Å². The highest BCUT2D eigenvalue weighted by atomic mass is 19.1. The molecule has 19 heavy (non-hydrogen) atoms. The lowest BCUT2D eigenvalue weighted by molar-refractivity contribution is 0.0197. The van der Waals surface area contributed by atoms with Gasteiger partial charge in [-0.15, -0.1) is 0 Å². The van der Waals surface area contributed by atoms with E-state index in [1.807, 2.05) is 13.0 Å². The highest BCUT2D eigenvalue weighted by molar-refractivity contribution is 6.02. The van der Waals surface area contributed by atoms with Crippen molar-refractivity contribution in [3.8, 4) is 0 Å². The van der Waals surface area contributed by atoms with Gasteiger partial charge in [0.2, 0.25) is 0 Å². The summed E-state index contributed by atoms with van der Waals surface area (Å²) in [6.07, 6.45) is 1.13. The molecule has 0 amide bonds. The summed E-state index contributed by atoms with van der Waals surface area (Å²) in [5.41, 5.74) is 6.83. The number of hydrogen-bond acceptors (Lipinski definition) is 3. The number of hydrogen-bond donors (Lipinski definition) is 1. The normalized spacial score (nSPS) is 18.3. The number of nitrogens with two attached hydrogens (primary N) is 1. The van der Waals surface area contributed by atoms with Crippen LogP contribution < -0.4 is 5.73 Å². The standard InChI is InChI=1S/C15H20FNO2/c1-10-7-11(2)13(12(16)8-10)14(18)15(9-17)3-5-19-6-4-15/h7-8H,3-6,9,17H2,1-2H3. The topological polar surface area (TPSA) is 52.3 Å². The molecular formula is C15H20FNO2. The molecule has 1 fully saturated rings. The van der Waals surface area contributed by atoms with E-state index in [0.717, 1.165) is 5.56 Å². The van der Waals surface area contributed by atoms with Crippen molar-refractivity contribution < 1.29 is 13.9 Å². The first-order valence-corrected chi connectivity index (χ1v) is 6.59. The van der Waals surface area contributed by atoms with E-state index >= 15 is 0 Å². The van der Waals surface area contributed by atoms with Gasteiger partial charge < -0.3 is 10.5 Å². The van der Waals surface area contributed by atoms with Crippen molar-refractivity contribution in [1.82, 2.24) is 0 Å². The van der Waals surface area contributed by atoms with Gasteiger partial charge >= 0.3 is 0 Å². The summed E-state index contributed by atoms with van der Waals surface area (Å²) in [5.74, 6) is -0.616. The number of aryl methyl sites for hydroxylation is 2. The molecule has 104 valence electrons. The number of benzene rings is 1. The van der Waals surface area contributed by atoms with Crippen LogP contribution in [0.3, 0.4) is 0 Å². The van der Waals surface area contributed by atoms with Crippen molar-refractivity contribution in [2.75, 3.05) is 19.8 Å². The Balaban J connectivity index is 2.43. The van der Waals surface area contributed by atoms with E-state index in [4.69, 9.17) is 10.5 Å². The van der Waals surface area contributed by atoms with Gasteiger partial charge in [0.05, 0.1) is 11.0 Å². The molecule has 2 rings (SSSR count). The minimum Gasteiger partial charge on any atom is -0.381 e. The first kappa shape index (κ1) is 14.2. The second kappa shape index (κ2) is 5.39. The number of ether oxygens (including phenoxy) is 1. The summed E-state index contributed by atoms with van der Waals surface area (Å²) >= 11 is 0. The summed E-state index contributed by atoms with van der Waals surface area (Å²) in [5, 5.41) is 0. The zero-order valence-corrected chi connectivity index (χ0v) is 11.5. The van der Waals surface area contributed by atoms with Crippen molar-refractivity contribution in [1.29, 1.82) is 0 Å². The zero-order chi connectivity index (χ0) is 14.0. The second-order valence-electron chi connectivity index (χ2n) is 5.36. The zero-order valence-electron chi connectivity index (χ0n) is 11.5. The average Bonchev–Trinajstić information content (AvgIpc) is 2.38. The lowest BCUT2D eigenvalue weighted by Gasteiger charge is -2.35. The van der Waals surface area contributed by atoms with Crippen LogP contribution in [0.4, 0.5) is 4.39 Å². The lowest BCUT2D eigenvalue weighted by Crippen LogP contribution is -2.44. The Labute approximate surface area is 112 Å². The molecule has 1 heterocycles. The average molecular weight is 265 g/mol. The van der Waals surface area contributed by atoms with Crippen LogP contribution >= 0.6 is 0 Å². The molecule has 2 N–H and O–H groups in total. The highest BCUT2D eigenvalue weighted by Gasteiger charge is 2.40. The van der Waals surface area contributed by atoms with Crippen LogP contribution in [0.25, 0.3) is 0 Å². The number of carbonyl (C=O) groups excluding carboxylic acids is 1. The summed E-state index contributed by atoms with van der Waals surface area (Å²) in [6.45, 7) is 4.84. The molecule has 3 nitrogen and oxygen atoms in total. The number of halogens is 1. The molecular weight excluding hydrogens is 245 g/mol. The first-order valence-electron chi connectivity index (χ1n) is 6.59. The maximum Gasteiger partial charge on any atom is 0.173 e. The molecule has 0 aliphatic carbocycles. The predicted octanol–water partition coefficient (Wildman–Crippen LogP) is 2.38. The Morgan fingerprint density at radius 3 is 2.53 bits per heavy atom. The Morgan fingerprint density at radius 2 is 2.00 bits per heavy atom. The molecule has 0 atom stereocenters. The van der Waals surface area contributed by atoms with Crippen molar-refractivity contribution >= 4 is 5.78 Å². The van der Waals surface area contributed by atoms with Crippen LogP contribution in [0, 0.1) is 25.1 Å². The van der Waals surface area contributed by atoms with Crippen molar-refractivity contribution in [3.05, 3.63) is 34.6 Å². The van der Waals surface area contributed by atoms with Crippen LogP contribution in [-0.4, -0.2) is 25.5 Å². The van der Waals surface area contributed by atoms with Crippen LogP contribution in [-0.2, 0) is 4.74 Å². The minimum atomic E-state index is -0.668. The summed E-state index contributed by atoms with van der Waals surface area (Å²) in [4.78, 5) is 12.7.